The molecule has 5 nitrogen and oxygen atoms in total. The Bertz CT molecular complexity index is 776. The SMILES string of the molecule is CCOc1ccc(S(=O)(=O)NCCc2ccc(OC)cc2)cc1Cl. The molecule has 0 aliphatic carbocycles. The molecular formula is C17H20ClNO4S. The lowest BCUT2D eigenvalue weighted by Gasteiger charge is -2.10. The predicted molar refractivity (Wildman–Crippen MR) is 94.5 cm³/mol. The van der Waals surface area contributed by atoms with Gasteiger partial charge in [0, 0.05) is 6.54 Å². The van der Waals surface area contributed by atoms with Gasteiger partial charge in [-0.2, -0.15) is 0 Å². The van der Waals surface area contributed by atoms with Gasteiger partial charge in [0.2, 0.25) is 10.0 Å². The average molecular weight is 370 g/mol. The molecule has 0 bridgehead atoms. The summed E-state index contributed by atoms with van der Waals surface area (Å²) in [6.45, 7) is 2.59. The monoisotopic (exact) mass is 369 g/mol. The molecule has 0 saturated carbocycles. The number of nitrogens with one attached hydrogen (secondary N) is 1. The van der Waals surface area contributed by atoms with Gasteiger partial charge >= 0.3 is 0 Å². The van der Waals surface area contributed by atoms with E-state index in [0.29, 0.717) is 25.3 Å². The van der Waals surface area contributed by atoms with Crippen LogP contribution in [0, 0.1) is 0 Å². The number of hydrogen-bond acceptors (Lipinski definition) is 4. The minimum Gasteiger partial charge on any atom is -0.497 e. The highest BCUT2D eigenvalue weighted by Gasteiger charge is 2.15. The van der Waals surface area contributed by atoms with Crippen molar-refractivity contribution in [1.29, 1.82) is 0 Å². The van der Waals surface area contributed by atoms with Crippen LogP contribution >= 0.6 is 11.6 Å². The molecule has 1 N–H and O–H groups in total. The maximum Gasteiger partial charge on any atom is 0.240 e. The zero-order chi connectivity index (χ0) is 17.6. The van der Waals surface area contributed by atoms with Crippen molar-refractivity contribution in [1.82, 2.24) is 4.72 Å². The molecule has 0 aliphatic heterocycles. The smallest absolute Gasteiger partial charge is 0.240 e. The van der Waals surface area contributed by atoms with Crippen molar-refractivity contribution < 1.29 is 17.9 Å². The van der Waals surface area contributed by atoms with E-state index in [0.717, 1.165) is 11.3 Å². The molecule has 0 fully saturated rings. The summed E-state index contributed by atoms with van der Waals surface area (Å²) in [5, 5.41) is 0.273. The van der Waals surface area contributed by atoms with Gasteiger partial charge < -0.3 is 9.47 Å². The molecule has 2 aromatic rings. The second-order valence-electron chi connectivity index (χ2n) is 5.02. The van der Waals surface area contributed by atoms with E-state index in [1.54, 1.807) is 13.2 Å². The fraction of sp³-hybridized carbons (Fsp3) is 0.294. The fourth-order valence-electron chi connectivity index (χ4n) is 2.13. The van der Waals surface area contributed by atoms with E-state index in [4.69, 9.17) is 21.1 Å². The Balaban J connectivity index is 1.98. The number of benzene rings is 2. The van der Waals surface area contributed by atoms with Gasteiger partial charge in [-0.15, -0.1) is 0 Å². The third kappa shape index (κ3) is 4.87. The first-order chi connectivity index (χ1) is 11.5. The second kappa shape index (κ2) is 8.37. The number of rotatable bonds is 8. The summed E-state index contributed by atoms with van der Waals surface area (Å²) >= 11 is 6.04. The summed E-state index contributed by atoms with van der Waals surface area (Å²) in [6, 6.07) is 11.9. The zero-order valence-electron chi connectivity index (χ0n) is 13.6. The van der Waals surface area contributed by atoms with Crippen molar-refractivity contribution in [2.24, 2.45) is 0 Å². The standard InChI is InChI=1S/C17H20ClNO4S/c1-3-23-17-9-8-15(12-16(17)18)24(20,21)19-11-10-13-4-6-14(22-2)7-5-13/h4-9,12,19H,3,10-11H2,1-2H3. The zero-order valence-corrected chi connectivity index (χ0v) is 15.2. The van der Waals surface area contributed by atoms with Gasteiger partial charge in [-0.1, -0.05) is 23.7 Å². The van der Waals surface area contributed by atoms with E-state index in [-0.39, 0.29) is 9.92 Å². The Hall–Kier alpha value is -1.76. The number of sulfonamides is 1. The quantitative estimate of drug-likeness (QED) is 0.775. The van der Waals surface area contributed by atoms with Crippen molar-refractivity contribution in [2.45, 2.75) is 18.2 Å². The van der Waals surface area contributed by atoms with Crippen LogP contribution in [0.2, 0.25) is 5.02 Å². The van der Waals surface area contributed by atoms with Gasteiger partial charge in [-0.3, -0.25) is 0 Å². The van der Waals surface area contributed by atoms with Crippen LogP contribution in [0.3, 0.4) is 0 Å². The minimum absolute atomic E-state index is 0.116. The third-order valence-corrected chi connectivity index (χ3v) is 5.13. The topological polar surface area (TPSA) is 64.6 Å². The Labute approximate surface area is 147 Å². The van der Waals surface area contributed by atoms with Crippen molar-refractivity contribution in [3.05, 3.63) is 53.1 Å². The first kappa shape index (κ1) is 18.6. The maximum absolute atomic E-state index is 12.3. The van der Waals surface area contributed by atoms with E-state index < -0.39 is 10.0 Å². The van der Waals surface area contributed by atoms with Crippen LogP contribution in [0.1, 0.15) is 12.5 Å². The van der Waals surface area contributed by atoms with Gasteiger partial charge in [0.25, 0.3) is 0 Å². The van der Waals surface area contributed by atoms with E-state index in [1.165, 1.54) is 12.1 Å². The lowest BCUT2D eigenvalue weighted by atomic mass is 10.1. The van der Waals surface area contributed by atoms with Crippen molar-refractivity contribution in [2.75, 3.05) is 20.3 Å². The number of hydrogen-bond donors (Lipinski definition) is 1. The van der Waals surface area contributed by atoms with Gasteiger partial charge in [0.05, 0.1) is 23.6 Å². The number of ether oxygens (including phenoxy) is 2. The van der Waals surface area contributed by atoms with Gasteiger partial charge in [0.15, 0.2) is 0 Å². The first-order valence-corrected chi connectivity index (χ1v) is 9.37. The molecule has 0 radical (unpaired) electrons. The van der Waals surface area contributed by atoms with Crippen molar-refractivity contribution >= 4 is 21.6 Å². The van der Waals surface area contributed by atoms with Crippen LogP contribution in [-0.4, -0.2) is 28.7 Å². The van der Waals surface area contributed by atoms with Crippen LogP contribution in [0.15, 0.2) is 47.4 Å². The normalized spacial score (nSPS) is 11.3. The lowest BCUT2D eigenvalue weighted by Crippen LogP contribution is -2.26. The molecule has 7 heteroatoms. The largest absolute Gasteiger partial charge is 0.497 e. The van der Waals surface area contributed by atoms with E-state index in [1.807, 2.05) is 31.2 Å². The summed E-state index contributed by atoms with van der Waals surface area (Å²) < 4.78 is 37.6. The molecule has 0 amide bonds. The van der Waals surface area contributed by atoms with Gasteiger partial charge in [-0.25, -0.2) is 13.1 Å². The van der Waals surface area contributed by atoms with Crippen LogP contribution < -0.4 is 14.2 Å². The number of methoxy groups -OCH3 is 1. The maximum atomic E-state index is 12.3. The van der Waals surface area contributed by atoms with Crippen molar-refractivity contribution in [3.8, 4) is 11.5 Å². The van der Waals surface area contributed by atoms with Crippen LogP contribution in [0.25, 0.3) is 0 Å². The highest BCUT2D eigenvalue weighted by atomic mass is 35.5. The summed E-state index contributed by atoms with van der Waals surface area (Å²) in [4.78, 5) is 0.116. The molecular weight excluding hydrogens is 350 g/mol. The molecule has 0 aliphatic rings. The summed E-state index contributed by atoms with van der Waals surface area (Å²) in [5.41, 5.74) is 1.02. The number of halogens is 1. The third-order valence-electron chi connectivity index (χ3n) is 3.38. The predicted octanol–water partition coefficient (Wildman–Crippen LogP) is 3.27. The molecule has 0 saturated heterocycles. The molecule has 0 aromatic heterocycles. The molecule has 130 valence electrons. The molecule has 2 rings (SSSR count). The van der Waals surface area contributed by atoms with E-state index in [9.17, 15) is 8.42 Å². The van der Waals surface area contributed by atoms with E-state index in [2.05, 4.69) is 4.72 Å². The molecule has 0 unspecified atom stereocenters. The summed E-state index contributed by atoms with van der Waals surface area (Å²) in [6.07, 6.45) is 0.577. The Kier molecular flexibility index (Phi) is 6.48. The van der Waals surface area contributed by atoms with Gasteiger partial charge in [0.1, 0.15) is 11.5 Å². The molecule has 0 spiro atoms. The van der Waals surface area contributed by atoms with Crippen molar-refractivity contribution in [3.63, 3.8) is 0 Å². The van der Waals surface area contributed by atoms with Crippen LogP contribution in [0.5, 0.6) is 11.5 Å². The highest BCUT2D eigenvalue weighted by molar-refractivity contribution is 7.89. The minimum atomic E-state index is -3.61. The van der Waals surface area contributed by atoms with Gasteiger partial charge in [-0.05, 0) is 49.2 Å². The molecule has 24 heavy (non-hydrogen) atoms. The molecule has 2 aromatic carbocycles. The van der Waals surface area contributed by atoms with E-state index >= 15 is 0 Å². The second-order valence-corrected chi connectivity index (χ2v) is 7.20. The lowest BCUT2D eigenvalue weighted by molar-refractivity contribution is 0.340. The fourth-order valence-corrected chi connectivity index (χ4v) is 3.48. The highest BCUT2D eigenvalue weighted by Crippen LogP contribution is 2.27. The van der Waals surface area contributed by atoms with Crippen LogP contribution in [-0.2, 0) is 16.4 Å². The summed E-state index contributed by atoms with van der Waals surface area (Å²) in [7, 11) is -2.01. The molecule has 0 heterocycles. The van der Waals surface area contributed by atoms with Crippen LogP contribution in [0.4, 0.5) is 0 Å². The average Bonchev–Trinajstić information content (AvgIpc) is 2.57. The Morgan fingerprint density at radius 3 is 2.42 bits per heavy atom. The Morgan fingerprint density at radius 1 is 1.12 bits per heavy atom. The summed E-state index contributed by atoms with van der Waals surface area (Å²) in [5.74, 6) is 1.24. The Morgan fingerprint density at radius 2 is 1.83 bits per heavy atom. The first-order valence-electron chi connectivity index (χ1n) is 7.51. The molecule has 0 atom stereocenters.